The average Bonchev–Trinajstić information content (AvgIpc) is 2.31. The fourth-order valence-corrected chi connectivity index (χ4v) is 2.52. The van der Waals surface area contributed by atoms with E-state index in [2.05, 4.69) is 15.9 Å². The van der Waals surface area contributed by atoms with Crippen LogP contribution in [0.1, 0.15) is 0 Å². The molecule has 1 fully saturated rings. The molecule has 0 spiro atoms. The van der Waals surface area contributed by atoms with Crippen molar-refractivity contribution in [3.8, 4) is 0 Å². The number of aliphatic hydroxyl groups excluding tert-OH is 1. The van der Waals surface area contributed by atoms with Gasteiger partial charge in [-0.3, -0.25) is 9.69 Å². The summed E-state index contributed by atoms with van der Waals surface area (Å²) in [7, 11) is 1.86. The summed E-state index contributed by atoms with van der Waals surface area (Å²) >= 11 is 3.45. The Morgan fingerprint density at radius 2 is 2.12 bits per heavy atom. The fraction of sp³-hybridized carbons (Fsp3) is 0.417. The van der Waals surface area contributed by atoms with Crippen LogP contribution < -0.4 is 4.90 Å². The summed E-state index contributed by atoms with van der Waals surface area (Å²) in [6.45, 7) is 1.27. The van der Waals surface area contributed by atoms with Crippen LogP contribution in [-0.2, 0) is 4.79 Å². The molecule has 0 radical (unpaired) electrons. The zero-order valence-corrected chi connectivity index (χ0v) is 11.2. The van der Waals surface area contributed by atoms with Crippen LogP contribution in [0.2, 0.25) is 0 Å². The van der Waals surface area contributed by atoms with Crippen LogP contribution >= 0.6 is 15.9 Å². The van der Waals surface area contributed by atoms with E-state index in [1.807, 2.05) is 36.2 Å². The van der Waals surface area contributed by atoms with Gasteiger partial charge in [0.2, 0.25) is 5.91 Å². The van der Waals surface area contributed by atoms with Gasteiger partial charge in [-0.05, 0) is 35.1 Å². The maximum Gasteiger partial charge on any atom is 0.246 e. The molecule has 0 aliphatic carbocycles. The van der Waals surface area contributed by atoms with Gasteiger partial charge in [0.25, 0.3) is 0 Å². The number of piperazine rings is 1. The molecule has 1 saturated heterocycles. The Kier molecular flexibility index (Phi) is 3.81. The number of hydrogen-bond acceptors (Lipinski definition) is 3. The molecular formula is C12H15BrN2O2. The van der Waals surface area contributed by atoms with E-state index in [4.69, 9.17) is 0 Å². The molecule has 0 bridgehead atoms. The zero-order valence-electron chi connectivity index (χ0n) is 9.64. The lowest BCUT2D eigenvalue weighted by Gasteiger charge is -2.38. The molecule has 92 valence electrons. The SMILES string of the molecule is CN1CCN(c2ccccc2Br)C(=O)C1CO. The topological polar surface area (TPSA) is 43.8 Å². The highest BCUT2D eigenvalue weighted by Crippen LogP contribution is 2.27. The number of carbonyl (C=O) groups is 1. The van der Waals surface area contributed by atoms with E-state index in [1.54, 1.807) is 4.90 Å². The molecule has 1 aliphatic heterocycles. The largest absolute Gasteiger partial charge is 0.394 e. The van der Waals surface area contributed by atoms with Gasteiger partial charge in [0, 0.05) is 17.6 Å². The van der Waals surface area contributed by atoms with Crippen LogP contribution in [0.5, 0.6) is 0 Å². The van der Waals surface area contributed by atoms with Crippen molar-refractivity contribution in [2.75, 3.05) is 31.6 Å². The molecule has 1 heterocycles. The lowest BCUT2D eigenvalue weighted by Crippen LogP contribution is -2.57. The van der Waals surface area contributed by atoms with Crippen LogP contribution in [0.15, 0.2) is 28.7 Å². The molecule has 2 rings (SSSR count). The molecule has 1 aromatic rings. The van der Waals surface area contributed by atoms with Crippen LogP contribution in [0.4, 0.5) is 5.69 Å². The molecule has 0 aromatic heterocycles. The number of anilines is 1. The molecule has 1 unspecified atom stereocenters. The van der Waals surface area contributed by atoms with E-state index < -0.39 is 6.04 Å². The highest BCUT2D eigenvalue weighted by Gasteiger charge is 2.33. The molecule has 1 aliphatic rings. The minimum atomic E-state index is -0.434. The van der Waals surface area contributed by atoms with E-state index in [-0.39, 0.29) is 12.5 Å². The maximum atomic E-state index is 12.2. The summed E-state index contributed by atoms with van der Waals surface area (Å²) in [6.07, 6.45) is 0. The number of nitrogens with zero attached hydrogens (tertiary/aromatic N) is 2. The lowest BCUT2D eigenvalue weighted by atomic mass is 10.1. The Hall–Kier alpha value is -0.910. The number of benzene rings is 1. The van der Waals surface area contributed by atoms with E-state index in [0.717, 1.165) is 16.7 Å². The molecule has 1 N–H and O–H groups in total. The molecule has 17 heavy (non-hydrogen) atoms. The third-order valence-electron chi connectivity index (χ3n) is 3.08. The molecule has 1 amide bonds. The first-order valence-electron chi connectivity index (χ1n) is 5.52. The Morgan fingerprint density at radius 3 is 2.76 bits per heavy atom. The summed E-state index contributed by atoms with van der Waals surface area (Å²) in [5.74, 6) is -0.0480. The smallest absolute Gasteiger partial charge is 0.246 e. The quantitative estimate of drug-likeness (QED) is 0.889. The van der Waals surface area contributed by atoms with Gasteiger partial charge in [0.15, 0.2) is 0 Å². The molecule has 0 saturated carbocycles. The van der Waals surface area contributed by atoms with Crippen molar-refractivity contribution >= 4 is 27.5 Å². The Bertz CT molecular complexity index is 425. The summed E-state index contributed by atoms with van der Waals surface area (Å²) < 4.78 is 0.898. The summed E-state index contributed by atoms with van der Waals surface area (Å²) in [5, 5.41) is 9.26. The van der Waals surface area contributed by atoms with Crippen molar-refractivity contribution in [3.63, 3.8) is 0 Å². The van der Waals surface area contributed by atoms with E-state index in [0.29, 0.717) is 6.54 Å². The predicted molar refractivity (Wildman–Crippen MR) is 70.0 cm³/mol. The second kappa shape index (κ2) is 5.16. The van der Waals surface area contributed by atoms with Crippen LogP contribution in [0.25, 0.3) is 0 Å². The van der Waals surface area contributed by atoms with Gasteiger partial charge in [-0.15, -0.1) is 0 Å². The predicted octanol–water partition coefficient (Wildman–Crippen LogP) is 1.09. The van der Waals surface area contributed by atoms with Gasteiger partial charge in [-0.1, -0.05) is 12.1 Å². The van der Waals surface area contributed by atoms with Gasteiger partial charge < -0.3 is 10.0 Å². The highest BCUT2D eigenvalue weighted by atomic mass is 79.9. The molecule has 5 heteroatoms. The van der Waals surface area contributed by atoms with Crippen LogP contribution in [0, 0.1) is 0 Å². The van der Waals surface area contributed by atoms with Gasteiger partial charge in [-0.25, -0.2) is 0 Å². The summed E-state index contributed by atoms with van der Waals surface area (Å²) in [5.41, 5.74) is 0.865. The Labute approximate surface area is 109 Å². The number of carbonyl (C=O) groups excluding carboxylic acids is 1. The van der Waals surface area contributed by atoms with Gasteiger partial charge in [0.05, 0.1) is 12.3 Å². The first-order chi connectivity index (χ1) is 8.15. The van der Waals surface area contributed by atoms with Gasteiger partial charge in [-0.2, -0.15) is 0 Å². The van der Waals surface area contributed by atoms with Crippen molar-refractivity contribution in [1.29, 1.82) is 0 Å². The van der Waals surface area contributed by atoms with E-state index in [1.165, 1.54) is 0 Å². The summed E-state index contributed by atoms with van der Waals surface area (Å²) in [6, 6.07) is 7.20. The van der Waals surface area contributed by atoms with E-state index >= 15 is 0 Å². The highest BCUT2D eigenvalue weighted by molar-refractivity contribution is 9.10. The fourth-order valence-electron chi connectivity index (χ4n) is 2.02. The second-order valence-corrected chi connectivity index (χ2v) is 4.97. The maximum absolute atomic E-state index is 12.2. The first kappa shape index (κ1) is 12.5. The summed E-state index contributed by atoms with van der Waals surface area (Å²) in [4.78, 5) is 15.8. The minimum Gasteiger partial charge on any atom is -0.394 e. The van der Waals surface area contributed by atoms with Gasteiger partial charge in [0.1, 0.15) is 6.04 Å². The zero-order chi connectivity index (χ0) is 12.4. The van der Waals surface area contributed by atoms with E-state index in [9.17, 15) is 9.90 Å². The number of rotatable bonds is 2. The number of amides is 1. The van der Waals surface area contributed by atoms with Crippen molar-refractivity contribution in [1.82, 2.24) is 4.90 Å². The van der Waals surface area contributed by atoms with Crippen molar-refractivity contribution < 1.29 is 9.90 Å². The molecule has 4 nitrogen and oxygen atoms in total. The normalized spacial score (nSPS) is 21.9. The van der Waals surface area contributed by atoms with Crippen LogP contribution in [-0.4, -0.2) is 48.7 Å². The first-order valence-corrected chi connectivity index (χ1v) is 6.31. The Morgan fingerprint density at radius 1 is 1.41 bits per heavy atom. The number of likely N-dealkylation sites (N-methyl/N-ethyl adjacent to an activating group) is 1. The van der Waals surface area contributed by atoms with Crippen molar-refractivity contribution in [2.45, 2.75) is 6.04 Å². The van der Waals surface area contributed by atoms with Crippen molar-refractivity contribution in [2.24, 2.45) is 0 Å². The lowest BCUT2D eigenvalue weighted by molar-refractivity contribution is -0.126. The number of aliphatic hydroxyl groups is 1. The second-order valence-electron chi connectivity index (χ2n) is 4.12. The third kappa shape index (κ3) is 2.36. The van der Waals surface area contributed by atoms with Crippen LogP contribution in [0.3, 0.4) is 0 Å². The van der Waals surface area contributed by atoms with Gasteiger partial charge >= 0.3 is 0 Å². The third-order valence-corrected chi connectivity index (χ3v) is 3.75. The average molecular weight is 299 g/mol. The number of hydrogen-bond donors (Lipinski definition) is 1. The molecule has 1 aromatic carbocycles. The standard InChI is InChI=1S/C12H15BrN2O2/c1-14-6-7-15(12(17)11(14)8-16)10-5-3-2-4-9(10)13/h2-5,11,16H,6-8H2,1H3. The minimum absolute atomic E-state index is 0.0480. The monoisotopic (exact) mass is 298 g/mol. The Balaban J connectivity index is 2.28. The molecule has 1 atom stereocenters. The number of halogens is 1. The molecular weight excluding hydrogens is 284 g/mol. The van der Waals surface area contributed by atoms with Crippen molar-refractivity contribution in [3.05, 3.63) is 28.7 Å². The number of para-hydroxylation sites is 1.